The number of carbonyl (C=O) groups is 3. The molecule has 14 heteroatoms. The van der Waals surface area contributed by atoms with Gasteiger partial charge in [0, 0.05) is 18.0 Å². The lowest BCUT2D eigenvalue weighted by molar-refractivity contribution is -0.146. The predicted octanol–water partition coefficient (Wildman–Crippen LogP) is 1.86. The van der Waals surface area contributed by atoms with Crippen molar-refractivity contribution in [3.05, 3.63) is 57.5 Å². The van der Waals surface area contributed by atoms with Crippen molar-refractivity contribution in [1.82, 2.24) is 20.2 Å². The van der Waals surface area contributed by atoms with Gasteiger partial charge in [0.05, 0.1) is 11.8 Å². The average Bonchev–Trinajstić information content (AvgIpc) is 3.11. The number of nitrogen functional groups attached to an aromatic ring is 1. The van der Waals surface area contributed by atoms with E-state index in [9.17, 15) is 19.5 Å². The summed E-state index contributed by atoms with van der Waals surface area (Å²) in [6, 6.07) is 3.44. The van der Waals surface area contributed by atoms with Crippen LogP contribution >= 0.6 is 34.7 Å². The van der Waals surface area contributed by atoms with Crippen LogP contribution in [0.2, 0.25) is 4.34 Å². The Balaban J connectivity index is 2.00. The fourth-order valence-electron chi connectivity index (χ4n) is 3.51. The summed E-state index contributed by atoms with van der Waals surface area (Å²) in [7, 11) is 0. The van der Waals surface area contributed by atoms with Gasteiger partial charge in [-0.2, -0.15) is 0 Å². The van der Waals surface area contributed by atoms with Crippen LogP contribution in [0.5, 0.6) is 0 Å². The number of nitrogens with two attached hydrogens (primary N) is 1. The van der Waals surface area contributed by atoms with Gasteiger partial charge < -0.3 is 21.4 Å². The number of carboxylic acids is 1. The van der Waals surface area contributed by atoms with Gasteiger partial charge in [-0.15, -0.1) is 0 Å². The summed E-state index contributed by atoms with van der Waals surface area (Å²) in [4.78, 5) is 45.0. The zero-order chi connectivity index (χ0) is 23.8. The van der Waals surface area contributed by atoms with Crippen molar-refractivity contribution in [2.24, 2.45) is 5.16 Å². The number of hydrogen-bond acceptors (Lipinski definition) is 10. The first-order valence-corrected chi connectivity index (χ1v) is 11.3. The molecule has 4 rings (SSSR count). The first-order valence-electron chi connectivity index (χ1n) is 9.24. The maximum Gasteiger partial charge on any atom is 0.353 e. The van der Waals surface area contributed by atoms with Crippen molar-refractivity contribution in [2.75, 3.05) is 5.73 Å². The summed E-state index contributed by atoms with van der Waals surface area (Å²) in [6.07, 6.45) is 6.84. The highest BCUT2D eigenvalue weighted by molar-refractivity contribution is 8.01. The van der Waals surface area contributed by atoms with Crippen molar-refractivity contribution in [3.63, 3.8) is 0 Å². The molecule has 0 radical (unpaired) electrons. The molecule has 1 saturated heterocycles. The Morgan fingerprint density at radius 2 is 2.21 bits per heavy atom. The molecule has 2 amide bonds. The molecule has 2 aliphatic rings. The zero-order valence-electron chi connectivity index (χ0n) is 16.5. The molecule has 4 heterocycles. The number of oxime groups is 1. The van der Waals surface area contributed by atoms with Crippen LogP contribution in [0, 0.1) is 0 Å². The lowest BCUT2D eigenvalue weighted by Gasteiger charge is -2.50. The van der Waals surface area contributed by atoms with Gasteiger partial charge in [0.2, 0.25) is 5.91 Å². The normalized spacial score (nSPS) is 22.5. The molecular formula is C19H15ClN6O5S2. The molecule has 0 spiro atoms. The fraction of sp³-hybridized carbons (Fsp3) is 0.158. The Labute approximate surface area is 199 Å². The molecule has 33 heavy (non-hydrogen) atoms. The Morgan fingerprint density at radius 1 is 1.42 bits per heavy atom. The fourth-order valence-corrected chi connectivity index (χ4v) is 6.35. The second-order valence-electron chi connectivity index (χ2n) is 6.82. The van der Waals surface area contributed by atoms with Gasteiger partial charge in [-0.1, -0.05) is 58.1 Å². The van der Waals surface area contributed by atoms with E-state index >= 15 is 0 Å². The van der Waals surface area contributed by atoms with Crippen LogP contribution in [0.4, 0.5) is 5.13 Å². The van der Waals surface area contributed by atoms with E-state index in [-0.39, 0.29) is 38.8 Å². The second-order valence-corrected chi connectivity index (χ2v) is 9.84. The van der Waals surface area contributed by atoms with Crippen LogP contribution in [0.1, 0.15) is 17.7 Å². The molecule has 1 fully saturated rings. The number of rotatable bonds is 6. The van der Waals surface area contributed by atoms with Gasteiger partial charge >= 0.3 is 5.97 Å². The number of thioether (sulfide) groups is 1. The Morgan fingerprint density at radius 3 is 2.79 bits per heavy atom. The summed E-state index contributed by atoms with van der Waals surface area (Å²) in [5.41, 5.74) is 6.28. The highest BCUT2D eigenvalue weighted by Crippen LogP contribution is 2.56. The van der Waals surface area contributed by atoms with Crippen molar-refractivity contribution < 1.29 is 24.7 Å². The molecule has 11 nitrogen and oxygen atoms in total. The number of aromatic nitrogens is 2. The Kier molecular flexibility index (Phi) is 6.10. The summed E-state index contributed by atoms with van der Waals surface area (Å²) in [6.45, 7) is 0. The molecule has 0 aliphatic carbocycles. The smallest absolute Gasteiger partial charge is 0.353 e. The number of thiazole rings is 1. The summed E-state index contributed by atoms with van der Waals surface area (Å²) in [5, 5.41) is 23.8. The molecule has 0 bridgehead atoms. The maximum absolute atomic E-state index is 12.6. The summed E-state index contributed by atoms with van der Waals surface area (Å²) < 4.78 is 0.123. The van der Waals surface area contributed by atoms with E-state index in [1.807, 2.05) is 0 Å². The molecule has 2 aromatic rings. The SMILES string of the molecule is Nc1nc(C2(NC(=O)C=NO)S[C@H]3CC(=O)N3C(C(=O)O)=C2/C=C\c2cccnc2)c(Cl)s1. The number of β-lactam (4-membered cyclic amide) rings is 1. The molecule has 0 saturated carbocycles. The first kappa shape index (κ1) is 22.8. The molecular weight excluding hydrogens is 492 g/mol. The van der Waals surface area contributed by atoms with E-state index < -0.39 is 22.1 Å². The topological polar surface area (TPSA) is 171 Å². The lowest BCUT2D eigenvalue weighted by Crippen LogP contribution is -2.60. The van der Waals surface area contributed by atoms with Crippen LogP contribution in [-0.4, -0.2) is 54.6 Å². The molecule has 0 aromatic carbocycles. The number of nitrogens with zero attached hydrogens (tertiary/aromatic N) is 4. The van der Waals surface area contributed by atoms with E-state index in [2.05, 4.69) is 20.4 Å². The van der Waals surface area contributed by atoms with Gasteiger partial charge in [-0.05, 0) is 11.6 Å². The van der Waals surface area contributed by atoms with E-state index in [1.165, 1.54) is 6.08 Å². The first-order chi connectivity index (χ1) is 15.8. The molecule has 2 atom stereocenters. The predicted molar refractivity (Wildman–Crippen MR) is 122 cm³/mol. The Hall–Kier alpha value is -3.42. The third-order valence-electron chi connectivity index (χ3n) is 4.83. The largest absolute Gasteiger partial charge is 0.477 e. The number of carboxylic acid groups (broad SMARTS) is 1. The number of fused-ring (bicyclic) bond motifs is 1. The van der Waals surface area contributed by atoms with Gasteiger partial charge in [0.15, 0.2) is 10.0 Å². The molecule has 2 aromatic heterocycles. The van der Waals surface area contributed by atoms with Crippen molar-refractivity contribution in [3.8, 4) is 0 Å². The van der Waals surface area contributed by atoms with E-state index in [0.717, 1.165) is 28.0 Å². The van der Waals surface area contributed by atoms with Gasteiger partial charge in [0.1, 0.15) is 21.9 Å². The van der Waals surface area contributed by atoms with Crippen LogP contribution in [0.25, 0.3) is 6.08 Å². The van der Waals surface area contributed by atoms with Gasteiger partial charge in [-0.25, -0.2) is 9.78 Å². The number of aliphatic carboxylic acids is 1. The highest BCUT2D eigenvalue weighted by atomic mass is 35.5. The van der Waals surface area contributed by atoms with E-state index in [1.54, 1.807) is 30.6 Å². The number of anilines is 1. The third-order valence-corrected chi connectivity index (χ3v) is 7.44. The monoisotopic (exact) mass is 506 g/mol. The van der Waals surface area contributed by atoms with Crippen molar-refractivity contribution >= 4 is 69.9 Å². The minimum Gasteiger partial charge on any atom is -0.477 e. The Bertz CT molecular complexity index is 1230. The van der Waals surface area contributed by atoms with Crippen LogP contribution in [-0.2, 0) is 19.3 Å². The van der Waals surface area contributed by atoms with Gasteiger partial charge in [-0.3, -0.25) is 19.5 Å². The van der Waals surface area contributed by atoms with Gasteiger partial charge in [0.25, 0.3) is 5.91 Å². The minimum atomic E-state index is -1.65. The zero-order valence-corrected chi connectivity index (χ0v) is 18.9. The molecule has 2 aliphatic heterocycles. The summed E-state index contributed by atoms with van der Waals surface area (Å²) in [5.74, 6) is -2.60. The highest BCUT2D eigenvalue weighted by Gasteiger charge is 2.57. The van der Waals surface area contributed by atoms with E-state index in [4.69, 9.17) is 22.5 Å². The standard InChI is InChI=1S/C19H15ClN6O5S2/c20-16-15(24-18(21)32-16)19(25-11(27)8-23-31)10(4-3-9-2-1-5-22-7-9)14(17(29)30)26-12(28)6-13(26)33-19/h1-5,7-8,13,31H,6H2,(H2,21,24)(H,25,27)(H,29,30)/b4-3-,23-8?/t13-,19?/m0/s1. The number of pyridine rings is 1. The summed E-state index contributed by atoms with van der Waals surface area (Å²) >= 11 is 8.44. The quantitative estimate of drug-likeness (QED) is 0.197. The number of halogens is 1. The second kappa shape index (κ2) is 8.84. The maximum atomic E-state index is 12.6. The lowest BCUT2D eigenvalue weighted by atomic mass is 9.96. The third kappa shape index (κ3) is 4.05. The van der Waals surface area contributed by atoms with Crippen LogP contribution in [0.3, 0.4) is 0 Å². The molecule has 5 N–H and O–H groups in total. The molecule has 170 valence electrons. The van der Waals surface area contributed by atoms with E-state index in [0.29, 0.717) is 11.8 Å². The number of nitrogens with one attached hydrogen (secondary N) is 1. The van der Waals surface area contributed by atoms with Crippen molar-refractivity contribution in [1.29, 1.82) is 0 Å². The number of amides is 2. The number of carbonyl (C=O) groups excluding carboxylic acids is 2. The average molecular weight is 507 g/mol. The number of hydrogen-bond donors (Lipinski definition) is 4. The molecule has 1 unspecified atom stereocenters. The van der Waals surface area contributed by atoms with Crippen LogP contribution in [0.15, 0.2) is 47.0 Å². The minimum absolute atomic E-state index is 0.0278. The van der Waals surface area contributed by atoms with Crippen LogP contribution < -0.4 is 11.1 Å². The van der Waals surface area contributed by atoms with Crippen molar-refractivity contribution in [2.45, 2.75) is 16.7 Å².